The lowest BCUT2D eigenvalue weighted by Gasteiger charge is -2.09. The van der Waals surface area contributed by atoms with E-state index < -0.39 is 0 Å². The Morgan fingerprint density at radius 2 is 2.25 bits per heavy atom. The third-order valence-corrected chi connectivity index (χ3v) is 4.04. The lowest BCUT2D eigenvalue weighted by atomic mass is 10.3. The number of allylic oxidation sites excluding steroid dienone is 2. The van der Waals surface area contributed by atoms with Gasteiger partial charge in [0.05, 0.1) is 0 Å². The summed E-state index contributed by atoms with van der Waals surface area (Å²) in [6.45, 7) is 2.18. The Morgan fingerprint density at radius 3 is 2.83 bits per heavy atom. The molecule has 0 unspecified atom stereocenters. The molecule has 1 aliphatic heterocycles. The summed E-state index contributed by atoms with van der Waals surface area (Å²) in [4.78, 5) is 2.80. The molecular formula is C10H10S2. The van der Waals surface area contributed by atoms with Crippen LogP contribution in [0.15, 0.2) is 35.2 Å². The van der Waals surface area contributed by atoms with Crippen LogP contribution in [0.25, 0.3) is 4.91 Å². The van der Waals surface area contributed by atoms with Crippen molar-refractivity contribution in [2.75, 3.05) is 5.75 Å². The van der Waals surface area contributed by atoms with Gasteiger partial charge in [-0.05, 0) is 24.4 Å². The molecule has 0 atom stereocenters. The van der Waals surface area contributed by atoms with Crippen LogP contribution in [0.2, 0.25) is 0 Å². The van der Waals surface area contributed by atoms with Crippen molar-refractivity contribution >= 4 is 28.0 Å². The summed E-state index contributed by atoms with van der Waals surface area (Å²) in [5, 5.41) is 2.13. The summed E-state index contributed by atoms with van der Waals surface area (Å²) in [5.41, 5.74) is 1.46. The topological polar surface area (TPSA) is 0 Å². The molecule has 12 heavy (non-hydrogen) atoms. The standard InChI is InChI=1S/C10H10S2/c1-8-4-5-10(12-7-8)9-3-2-6-11-9/h2-6H,7H2,1H3. The van der Waals surface area contributed by atoms with Gasteiger partial charge in [-0.25, -0.2) is 0 Å². The SMILES string of the molecule is CC1=CC=C(c2cccs2)SC1. The Bertz CT molecular complexity index is 318. The summed E-state index contributed by atoms with van der Waals surface area (Å²) in [7, 11) is 0. The van der Waals surface area contributed by atoms with E-state index in [2.05, 4.69) is 36.6 Å². The fourth-order valence-electron chi connectivity index (χ4n) is 1.08. The van der Waals surface area contributed by atoms with E-state index in [1.165, 1.54) is 15.4 Å². The zero-order chi connectivity index (χ0) is 8.39. The first-order valence-electron chi connectivity index (χ1n) is 3.90. The van der Waals surface area contributed by atoms with Crippen molar-refractivity contribution < 1.29 is 0 Å². The van der Waals surface area contributed by atoms with Crippen LogP contribution < -0.4 is 0 Å². The van der Waals surface area contributed by atoms with Crippen molar-refractivity contribution in [1.82, 2.24) is 0 Å². The number of thiophene rings is 1. The van der Waals surface area contributed by atoms with Gasteiger partial charge in [0.1, 0.15) is 0 Å². The molecule has 0 saturated carbocycles. The molecule has 2 rings (SSSR count). The zero-order valence-electron chi connectivity index (χ0n) is 6.91. The van der Waals surface area contributed by atoms with Crippen molar-refractivity contribution in [1.29, 1.82) is 0 Å². The Balaban J connectivity index is 2.27. The molecule has 0 saturated heterocycles. The van der Waals surface area contributed by atoms with Crippen LogP contribution in [-0.4, -0.2) is 5.75 Å². The smallest absolute Gasteiger partial charge is 0.0406 e. The third-order valence-electron chi connectivity index (χ3n) is 1.74. The van der Waals surface area contributed by atoms with Crippen molar-refractivity contribution in [3.8, 4) is 0 Å². The van der Waals surface area contributed by atoms with Crippen LogP contribution in [0, 0.1) is 0 Å². The summed E-state index contributed by atoms with van der Waals surface area (Å²) in [5.74, 6) is 1.14. The highest BCUT2D eigenvalue weighted by Crippen LogP contribution is 2.34. The molecule has 0 fully saturated rings. The molecule has 0 N–H and O–H groups in total. The van der Waals surface area contributed by atoms with Gasteiger partial charge in [0.15, 0.2) is 0 Å². The lowest BCUT2D eigenvalue weighted by molar-refractivity contribution is 1.41. The maximum Gasteiger partial charge on any atom is 0.0406 e. The minimum absolute atomic E-state index is 1.14. The summed E-state index contributed by atoms with van der Waals surface area (Å²) in [6.07, 6.45) is 4.43. The molecule has 62 valence electrons. The molecule has 1 aromatic rings. The van der Waals surface area contributed by atoms with E-state index in [4.69, 9.17) is 0 Å². The molecule has 0 bridgehead atoms. The van der Waals surface area contributed by atoms with Gasteiger partial charge in [-0.3, -0.25) is 0 Å². The van der Waals surface area contributed by atoms with Gasteiger partial charge < -0.3 is 0 Å². The van der Waals surface area contributed by atoms with Crippen LogP contribution in [0.4, 0.5) is 0 Å². The Morgan fingerprint density at radius 1 is 1.33 bits per heavy atom. The highest BCUT2D eigenvalue weighted by molar-refractivity contribution is 8.08. The molecule has 2 heteroatoms. The van der Waals surface area contributed by atoms with E-state index in [0.717, 1.165) is 5.75 Å². The lowest BCUT2D eigenvalue weighted by Crippen LogP contribution is -1.87. The van der Waals surface area contributed by atoms with Crippen LogP contribution >= 0.6 is 23.1 Å². The minimum Gasteiger partial charge on any atom is -0.143 e. The maximum absolute atomic E-state index is 2.22. The molecule has 0 amide bonds. The fraction of sp³-hybridized carbons (Fsp3) is 0.200. The van der Waals surface area contributed by atoms with E-state index >= 15 is 0 Å². The van der Waals surface area contributed by atoms with Crippen LogP contribution in [0.1, 0.15) is 11.8 Å². The monoisotopic (exact) mass is 194 g/mol. The van der Waals surface area contributed by atoms with Gasteiger partial charge in [-0.1, -0.05) is 17.7 Å². The second-order valence-electron chi connectivity index (χ2n) is 2.81. The van der Waals surface area contributed by atoms with E-state index in [1.807, 2.05) is 23.1 Å². The van der Waals surface area contributed by atoms with Gasteiger partial charge in [0.25, 0.3) is 0 Å². The maximum atomic E-state index is 2.22. The van der Waals surface area contributed by atoms with Gasteiger partial charge in [0.2, 0.25) is 0 Å². The fourth-order valence-corrected chi connectivity index (χ4v) is 2.90. The van der Waals surface area contributed by atoms with E-state index in [-0.39, 0.29) is 0 Å². The van der Waals surface area contributed by atoms with Gasteiger partial charge in [-0.2, -0.15) is 0 Å². The molecule has 1 aliphatic rings. The van der Waals surface area contributed by atoms with Gasteiger partial charge in [0, 0.05) is 15.5 Å². The van der Waals surface area contributed by atoms with E-state index in [1.54, 1.807) is 0 Å². The molecular weight excluding hydrogens is 184 g/mol. The first-order chi connectivity index (χ1) is 5.86. The summed E-state index contributed by atoms with van der Waals surface area (Å²) in [6, 6.07) is 4.28. The second-order valence-corrected chi connectivity index (χ2v) is 4.77. The van der Waals surface area contributed by atoms with Crippen molar-refractivity contribution in [3.63, 3.8) is 0 Å². The third kappa shape index (κ3) is 1.65. The van der Waals surface area contributed by atoms with Crippen LogP contribution in [-0.2, 0) is 0 Å². The second kappa shape index (κ2) is 3.50. The zero-order valence-corrected chi connectivity index (χ0v) is 8.54. The van der Waals surface area contributed by atoms with Crippen LogP contribution in [0.3, 0.4) is 0 Å². The molecule has 0 aromatic carbocycles. The molecule has 2 heterocycles. The van der Waals surface area contributed by atoms with Crippen molar-refractivity contribution in [2.24, 2.45) is 0 Å². The van der Waals surface area contributed by atoms with Crippen molar-refractivity contribution in [3.05, 3.63) is 40.1 Å². The Labute approximate surface area is 81.0 Å². The number of rotatable bonds is 1. The first-order valence-corrected chi connectivity index (χ1v) is 5.77. The van der Waals surface area contributed by atoms with Crippen molar-refractivity contribution in [2.45, 2.75) is 6.92 Å². The van der Waals surface area contributed by atoms with Crippen LogP contribution in [0.5, 0.6) is 0 Å². The quantitative estimate of drug-likeness (QED) is 0.655. The predicted molar refractivity (Wildman–Crippen MR) is 58.5 cm³/mol. The normalized spacial score (nSPS) is 17.1. The van der Waals surface area contributed by atoms with E-state index in [9.17, 15) is 0 Å². The predicted octanol–water partition coefficient (Wildman–Crippen LogP) is 3.78. The number of thioether (sulfide) groups is 1. The largest absolute Gasteiger partial charge is 0.143 e. The average Bonchev–Trinajstić information content (AvgIpc) is 2.58. The molecule has 0 nitrogen and oxygen atoms in total. The molecule has 0 spiro atoms. The first kappa shape index (κ1) is 8.14. The minimum atomic E-state index is 1.14. The average molecular weight is 194 g/mol. The molecule has 0 aliphatic carbocycles. The van der Waals surface area contributed by atoms with Gasteiger partial charge >= 0.3 is 0 Å². The summed E-state index contributed by atoms with van der Waals surface area (Å²) < 4.78 is 0. The molecule has 1 aromatic heterocycles. The summed E-state index contributed by atoms with van der Waals surface area (Å²) >= 11 is 3.74. The number of hydrogen-bond acceptors (Lipinski definition) is 2. The highest BCUT2D eigenvalue weighted by Gasteiger charge is 2.06. The molecule has 0 radical (unpaired) electrons. The highest BCUT2D eigenvalue weighted by atomic mass is 32.2. The number of hydrogen-bond donors (Lipinski definition) is 0. The van der Waals surface area contributed by atoms with Gasteiger partial charge in [-0.15, -0.1) is 23.1 Å². The van der Waals surface area contributed by atoms with E-state index in [0.29, 0.717) is 0 Å². The Kier molecular flexibility index (Phi) is 2.38. The Hall–Kier alpha value is -0.470.